The number of benzene rings is 3. The van der Waals surface area contributed by atoms with Crippen LogP contribution in [0.3, 0.4) is 0 Å². The number of rotatable bonds is 4. The summed E-state index contributed by atoms with van der Waals surface area (Å²) in [5.41, 5.74) is -0.374. The van der Waals surface area contributed by atoms with E-state index in [0.717, 1.165) is 12.3 Å². The minimum absolute atomic E-state index is 0.165. The lowest BCUT2D eigenvalue weighted by Crippen LogP contribution is -2.44. The zero-order valence-corrected chi connectivity index (χ0v) is 23.7. The first-order valence-electron chi connectivity index (χ1n) is 12.9. The van der Waals surface area contributed by atoms with Crippen LogP contribution in [0, 0.1) is 5.82 Å². The molecule has 5 rings (SSSR count). The van der Waals surface area contributed by atoms with E-state index in [-0.39, 0.29) is 30.0 Å². The van der Waals surface area contributed by atoms with E-state index in [9.17, 15) is 27.9 Å². The molecule has 9 nitrogen and oxygen atoms in total. The molecule has 0 bridgehead atoms. The zero-order chi connectivity index (χ0) is 29.9. The fourth-order valence-corrected chi connectivity index (χ4v) is 6.69. The summed E-state index contributed by atoms with van der Waals surface area (Å²) in [5, 5.41) is 12.4. The number of aromatic carboxylic acids is 1. The van der Waals surface area contributed by atoms with Gasteiger partial charge in [0.25, 0.3) is 0 Å². The number of carboxylic acids is 1. The average molecular weight is 581 g/mol. The van der Waals surface area contributed by atoms with E-state index < -0.39 is 55.2 Å². The maximum absolute atomic E-state index is 15.3. The van der Waals surface area contributed by atoms with E-state index in [4.69, 9.17) is 4.74 Å². The summed E-state index contributed by atoms with van der Waals surface area (Å²) in [6.45, 7) is 5.34. The second kappa shape index (κ2) is 9.69. The van der Waals surface area contributed by atoms with Gasteiger partial charge in [0.1, 0.15) is 16.8 Å². The summed E-state index contributed by atoms with van der Waals surface area (Å²) in [7, 11) is -3.94. The fraction of sp³-hybridized carbons (Fsp3) is 0.300. The van der Waals surface area contributed by atoms with Crippen LogP contribution < -0.4 is 5.32 Å². The number of anilines is 1. The number of likely N-dealkylation sites (tertiary alicyclic amines) is 1. The number of halogens is 1. The Hall–Kier alpha value is -4.25. The van der Waals surface area contributed by atoms with Gasteiger partial charge in [0.15, 0.2) is 9.84 Å². The second-order valence-corrected chi connectivity index (χ2v) is 13.3. The third kappa shape index (κ3) is 4.94. The largest absolute Gasteiger partial charge is 0.478 e. The van der Waals surface area contributed by atoms with Gasteiger partial charge in [0.05, 0.1) is 16.5 Å². The van der Waals surface area contributed by atoms with Crippen molar-refractivity contribution in [3.05, 3.63) is 83.2 Å². The Bertz CT molecular complexity index is 1710. The molecule has 2 N–H and O–H groups in total. The first kappa shape index (κ1) is 28.3. The highest BCUT2D eigenvalue weighted by Crippen LogP contribution is 2.55. The summed E-state index contributed by atoms with van der Waals surface area (Å²) in [5.74, 6) is -2.42. The Morgan fingerprint density at radius 3 is 2.44 bits per heavy atom. The molecule has 2 atom stereocenters. The van der Waals surface area contributed by atoms with Gasteiger partial charge in [-0.2, -0.15) is 0 Å². The van der Waals surface area contributed by atoms with Crippen LogP contribution in [0.1, 0.15) is 54.7 Å². The van der Waals surface area contributed by atoms with E-state index in [1.54, 1.807) is 45.0 Å². The van der Waals surface area contributed by atoms with Crippen LogP contribution in [0.4, 0.5) is 14.9 Å². The van der Waals surface area contributed by atoms with E-state index in [1.807, 2.05) is 6.07 Å². The van der Waals surface area contributed by atoms with Crippen LogP contribution in [-0.2, 0) is 24.8 Å². The number of carbonyl (C=O) groups is 3. The van der Waals surface area contributed by atoms with Crippen LogP contribution in [0.2, 0.25) is 0 Å². The van der Waals surface area contributed by atoms with Crippen molar-refractivity contribution in [1.29, 1.82) is 0 Å². The van der Waals surface area contributed by atoms with Gasteiger partial charge in [0.2, 0.25) is 5.91 Å². The molecule has 3 aromatic carbocycles. The number of para-hydroxylation sites is 1. The molecule has 0 aromatic heterocycles. The fourth-order valence-electron chi connectivity index (χ4n) is 5.79. The average Bonchev–Trinajstić information content (AvgIpc) is 3.41. The minimum Gasteiger partial charge on any atom is -0.478 e. The maximum Gasteiger partial charge on any atom is 0.410 e. The van der Waals surface area contributed by atoms with Crippen LogP contribution in [0.5, 0.6) is 0 Å². The van der Waals surface area contributed by atoms with Crippen molar-refractivity contribution in [2.24, 2.45) is 0 Å². The number of carbonyl (C=O) groups excluding carboxylic acids is 2. The quantitative estimate of drug-likeness (QED) is 0.436. The number of nitrogens with zero attached hydrogens (tertiary/aromatic N) is 1. The van der Waals surface area contributed by atoms with Crippen molar-refractivity contribution >= 4 is 33.5 Å². The van der Waals surface area contributed by atoms with E-state index in [2.05, 4.69) is 5.32 Å². The summed E-state index contributed by atoms with van der Waals surface area (Å²) < 4.78 is 45.8. The van der Waals surface area contributed by atoms with Crippen LogP contribution >= 0.6 is 0 Å². The Balaban J connectivity index is 1.71. The molecule has 1 saturated heterocycles. The van der Waals surface area contributed by atoms with E-state index in [0.29, 0.717) is 16.8 Å². The number of carboxylic acid groups (broad SMARTS) is 1. The summed E-state index contributed by atoms with van der Waals surface area (Å²) in [4.78, 5) is 39.8. The molecule has 0 radical (unpaired) electrons. The number of amides is 2. The van der Waals surface area contributed by atoms with Crippen molar-refractivity contribution in [3.63, 3.8) is 0 Å². The van der Waals surface area contributed by atoms with Crippen molar-refractivity contribution in [1.82, 2.24) is 4.90 Å². The highest BCUT2D eigenvalue weighted by atomic mass is 32.2. The number of ether oxygens (including phenoxy) is 1. The van der Waals surface area contributed by atoms with Crippen molar-refractivity contribution in [3.8, 4) is 11.1 Å². The molecular formula is C30H29FN2O7S. The van der Waals surface area contributed by atoms with Gasteiger partial charge >= 0.3 is 12.1 Å². The standard InChI is InChI=1S/C30H29FN2O7S/c1-29(2,3)40-28(37)33-12-11-30(22-7-5-6-8-23(22)32-27(30)36)25(33)19-13-18(14-20(31)15-19)17-9-10-21(26(34)35)24(16-17)41(4,38)39/h5-10,13-16,25H,11-12H2,1-4H3,(H,32,36)(H,34,35)/t25-,30-/m1/s1. The molecule has 214 valence electrons. The lowest BCUT2D eigenvalue weighted by atomic mass is 9.72. The van der Waals surface area contributed by atoms with Crippen molar-refractivity contribution < 1.29 is 37.0 Å². The van der Waals surface area contributed by atoms with Gasteiger partial charge < -0.3 is 15.2 Å². The predicted molar refractivity (Wildman–Crippen MR) is 149 cm³/mol. The smallest absolute Gasteiger partial charge is 0.410 e. The topological polar surface area (TPSA) is 130 Å². The Kier molecular flexibility index (Phi) is 6.68. The van der Waals surface area contributed by atoms with Gasteiger partial charge in [-0.1, -0.05) is 24.3 Å². The van der Waals surface area contributed by atoms with Crippen molar-refractivity contribution in [2.45, 2.75) is 49.1 Å². The number of sulfone groups is 1. The van der Waals surface area contributed by atoms with Crippen LogP contribution in [0.15, 0.2) is 65.6 Å². The number of nitrogens with one attached hydrogen (secondary N) is 1. The molecule has 0 saturated carbocycles. The van der Waals surface area contributed by atoms with E-state index >= 15 is 4.39 Å². The number of hydrogen-bond donors (Lipinski definition) is 2. The first-order valence-corrected chi connectivity index (χ1v) is 14.8. The summed E-state index contributed by atoms with van der Waals surface area (Å²) >= 11 is 0. The third-order valence-electron chi connectivity index (χ3n) is 7.40. The molecule has 2 aliphatic heterocycles. The molecule has 2 aliphatic rings. The molecule has 0 aliphatic carbocycles. The maximum atomic E-state index is 15.3. The highest BCUT2D eigenvalue weighted by molar-refractivity contribution is 7.90. The van der Waals surface area contributed by atoms with Crippen LogP contribution in [0.25, 0.3) is 11.1 Å². The summed E-state index contributed by atoms with van der Waals surface area (Å²) in [6.07, 6.45) is 0.497. The highest BCUT2D eigenvalue weighted by Gasteiger charge is 2.60. The Labute approximate surface area is 236 Å². The normalized spacial score (nSPS) is 20.2. The van der Waals surface area contributed by atoms with E-state index in [1.165, 1.54) is 29.2 Å². The molecular weight excluding hydrogens is 551 g/mol. The monoisotopic (exact) mass is 580 g/mol. The SMILES string of the molecule is CC(C)(C)OC(=O)N1CC[C@]2(C(=O)Nc3ccccc32)[C@H]1c1cc(F)cc(-c2ccc(C(=O)O)c(S(C)(=O)=O)c2)c1. The molecule has 2 amide bonds. The predicted octanol–water partition coefficient (Wildman–Crippen LogP) is 5.17. The van der Waals surface area contributed by atoms with Gasteiger partial charge in [0, 0.05) is 18.5 Å². The molecule has 2 heterocycles. The number of hydrogen-bond acceptors (Lipinski definition) is 6. The van der Waals surface area contributed by atoms with Crippen LogP contribution in [-0.4, -0.2) is 54.8 Å². The lowest BCUT2D eigenvalue weighted by molar-refractivity contribution is -0.121. The zero-order valence-electron chi connectivity index (χ0n) is 22.9. The molecule has 11 heteroatoms. The Morgan fingerprint density at radius 2 is 1.78 bits per heavy atom. The molecule has 1 spiro atoms. The molecule has 3 aromatic rings. The second-order valence-electron chi connectivity index (χ2n) is 11.4. The summed E-state index contributed by atoms with van der Waals surface area (Å²) in [6, 6.07) is 14.0. The first-order chi connectivity index (χ1) is 19.1. The molecule has 41 heavy (non-hydrogen) atoms. The van der Waals surface area contributed by atoms with Gasteiger partial charge in [-0.05, 0) is 85.8 Å². The van der Waals surface area contributed by atoms with Gasteiger partial charge in [-0.25, -0.2) is 22.4 Å². The molecule has 1 fully saturated rings. The molecule has 0 unspecified atom stereocenters. The third-order valence-corrected chi connectivity index (χ3v) is 8.53. The number of fused-ring (bicyclic) bond motifs is 2. The minimum atomic E-state index is -3.94. The van der Waals surface area contributed by atoms with Crippen molar-refractivity contribution in [2.75, 3.05) is 18.1 Å². The Morgan fingerprint density at radius 1 is 1.07 bits per heavy atom. The van der Waals surface area contributed by atoms with Gasteiger partial charge in [-0.15, -0.1) is 0 Å². The van der Waals surface area contributed by atoms with Gasteiger partial charge in [-0.3, -0.25) is 9.69 Å². The lowest BCUT2D eigenvalue weighted by Gasteiger charge is -2.35.